The number of nitrogens with one attached hydrogen (secondary N) is 1. The van der Waals surface area contributed by atoms with Crippen LogP contribution in [0.4, 0.5) is 5.69 Å². The van der Waals surface area contributed by atoms with E-state index in [-0.39, 0.29) is 10.8 Å². The number of ether oxygens (including phenoxy) is 1. The van der Waals surface area contributed by atoms with Gasteiger partial charge in [-0.3, -0.25) is 4.79 Å². The van der Waals surface area contributed by atoms with E-state index in [4.69, 9.17) is 4.74 Å². The first-order chi connectivity index (χ1) is 13.4. The van der Waals surface area contributed by atoms with E-state index in [1.807, 2.05) is 18.2 Å². The maximum atomic E-state index is 12.8. The first-order valence-electron chi connectivity index (χ1n) is 9.49. The molecule has 0 saturated carbocycles. The third kappa shape index (κ3) is 4.91. The molecule has 1 aliphatic heterocycles. The number of hydrogen-bond acceptors (Lipinski definition) is 4. The number of amides is 1. The van der Waals surface area contributed by atoms with Crippen molar-refractivity contribution >= 4 is 21.6 Å². The molecule has 0 aliphatic carbocycles. The Hall–Kier alpha value is -2.38. The normalized spacial score (nSPS) is 17.1. The molecule has 2 aromatic rings. The molecule has 0 unspecified atom stereocenters. The molecule has 0 radical (unpaired) electrons. The number of carbonyl (C=O) groups is 1. The van der Waals surface area contributed by atoms with Crippen LogP contribution in [0, 0.1) is 5.92 Å². The Morgan fingerprint density at radius 1 is 1.07 bits per heavy atom. The third-order valence-corrected chi connectivity index (χ3v) is 6.84. The number of sulfonamides is 1. The van der Waals surface area contributed by atoms with Crippen molar-refractivity contribution in [3.8, 4) is 5.75 Å². The molecule has 1 aliphatic rings. The van der Waals surface area contributed by atoms with Gasteiger partial charge in [-0.25, -0.2) is 8.42 Å². The minimum atomic E-state index is -3.49. The molecule has 3 rings (SSSR count). The van der Waals surface area contributed by atoms with E-state index in [9.17, 15) is 13.2 Å². The average Bonchev–Trinajstić information content (AvgIpc) is 2.69. The second-order valence-electron chi connectivity index (χ2n) is 7.17. The number of anilines is 1. The van der Waals surface area contributed by atoms with Gasteiger partial charge in [0.15, 0.2) is 6.10 Å². The topological polar surface area (TPSA) is 75.7 Å². The number of carbonyl (C=O) groups excluding carboxylic acids is 1. The fraction of sp³-hybridized carbons (Fsp3) is 0.381. The Morgan fingerprint density at radius 3 is 2.29 bits per heavy atom. The molecular weight excluding hydrogens is 376 g/mol. The minimum Gasteiger partial charge on any atom is -0.481 e. The van der Waals surface area contributed by atoms with Crippen LogP contribution in [0.1, 0.15) is 26.7 Å². The number of piperidine rings is 1. The highest BCUT2D eigenvalue weighted by molar-refractivity contribution is 7.89. The summed E-state index contributed by atoms with van der Waals surface area (Å²) in [6.07, 6.45) is 1.08. The summed E-state index contributed by atoms with van der Waals surface area (Å²) >= 11 is 0. The van der Waals surface area contributed by atoms with Gasteiger partial charge in [0.05, 0.1) is 4.90 Å². The second kappa shape index (κ2) is 8.75. The maximum absolute atomic E-state index is 12.8. The van der Waals surface area contributed by atoms with Crippen LogP contribution in [0.25, 0.3) is 0 Å². The fourth-order valence-corrected chi connectivity index (χ4v) is 4.55. The number of rotatable bonds is 6. The highest BCUT2D eigenvalue weighted by atomic mass is 32.2. The van der Waals surface area contributed by atoms with Crippen LogP contribution in [0.3, 0.4) is 0 Å². The molecule has 1 N–H and O–H groups in total. The molecule has 28 heavy (non-hydrogen) atoms. The Balaban J connectivity index is 1.61. The number of benzene rings is 2. The number of nitrogens with zero attached hydrogens (tertiary/aromatic N) is 1. The Kier molecular flexibility index (Phi) is 6.36. The van der Waals surface area contributed by atoms with Crippen molar-refractivity contribution in [2.45, 2.75) is 37.7 Å². The summed E-state index contributed by atoms with van der Waals surface area (Å²) in [6.45, 7) is 4.91. The molecule has 0 aromatic heterocycles. The smallest absolute Gasteiger partial charge is 0.265 e. The lowest BCUT2D eigenvalue weighted by Gasteiger charge is -2.29. The Bertz CT molecular complexity index is 890. The van der Waals surface area contributed by atoms with Gasteiger partial charge in [0.2, 0.25) is 10.0 Å². The van der Waals surface area contributed by atoms with Crippen molar-refractivity contribution in [2.75, 3.05) is 18.4 Å². The first-order valence-corrected chi connectivity index (χ1v) is 10.9. The summed E-state index contributed by atoms with van der Waals surface area (Å²) in [5, 5.41) is 2.75. The van der Waals surface area contributed by atoms with Gasteiger partial charge in [0.25, 0.3) is 5.91 Å². The highest BCUT2D eigenvalue weighted by Crippen LogP contribution is 2.24. The predicted molar refractivity (Wildman–Crippen MR) is 109 cm³/mol. The van der Waals surface area contributed by atoms with E-state index in [1.165, 1.54) is 16.4 Å². The van der Waals surface area contributed by atoms with Gasteiger partial charge in [0.1, 0.15) is 5.75 Å². The molecule has 1 atom stereocenters. The SMILES string of the molecule is CC1CCN(S(=O)(=O)c2ccc(NC(=O)[C@@H](C)Oc3ccccc3)cc2)CC1. The second-order valence-corrected chi connectivity index (χ2v) is 9.11. The monoisotopic (exact) mass is 402 g/mol. The van der Waals surface area contributed by atoms with Gasteiger partial charge < -0.3 is 10.1 Å². The lowest BCUT2D eigenvalue weighted by molar-refractivity contribution is -0.122. The molecule has 1 amide bonds. The van der Waals surface area contributed by atoms with E-state index >= 15 is 0 Å². The summed E-state index contributed by atoms with van der Waals surface area (Å²) in [5.41, 5.74) is 0.528. The average molecular weight is 403 g/mol. The van der Waals surface area contributed by atoms with Gasteiger partial charge in [0, 0.05) is 18.8 Å². The molecule has 1 saturated heterocycles. The number of hydrogen-bond donors (Lipinski definition) is 1. The lowest BCUT2D eigenvalue weighted by Crippen LogP contribution is -2.37. The molecule has 1 fully saturated rings. The molecule has 1 heterocycles. The molecular formula is C21H26N2O4S. The largest absolute Gasteiger partial charge is 0.481 e. The van der Waals surface area contributed by atoms with E-state index in [0.29, 0.717) is 30.4 Å². The summed E-state index contributed by atoms with van der Waals surface area (Å²) in [5.74, 6) is 0.871. The summed E-state index contributed by atoms with van der Waals surface area (Å²) in [6, 6.07) is 15.4. The zero-order valence-corrected chi connectivity index (χ0v) is 17.0. The summed E-state index contributed by atoms with van der Waals surface area (Å²) < 4.78 is 32.7. The van der Waals surface area contributed by atoms with Crippen molar-refractivity contribution < 1.29 is 17.9 Å². The quantitative estimate of drug-likeness (QED) is 0.802. The van der Waals surface area contributed by atoms with E-state index in [2.05, 4.69) is 12.2 Å². The zero-order valence-electron chi connectivity index (χ0n) is 16.2. The van der Waals surface area contributed by atoms with Crippen molar-refractivity contribution in [3.63, 3.8) is 0 Å². The molecule has 0 bridgehead atoms. The third-order valence-electron chi connectivity index (χ3n) is 4.93. The highest BCUT2D eigenvalue weighted by Gasteiger charge is 2.28. The van der Waals surface area contributed by atoms with Gasteiger partial charge >= 0.3 is 0 Å². The first kappa shape index (κ1) is 20.4. The zero-order chi connectivity index (χ0) is 20.1. The number of para-hydroxylation sites is 1. The van der Waals surface area contributed by atoms with Crippen LogP contribution < -0.4 is 10.1 Å². The van der Waals surface area contributed by atoms with E-state index in [0.717, 1.165) is 12.8 Å². The van der Waals surface area contributed by atoms with E-state index in [1.54, 1.807) is 31.2 Å². The van der Waals surface area contributed by atoms with Crippen molar-refractivity contribution in [3.05, 3.63) is 54.6 Å². The van der Waals surface area contributed by atoms with Crippen LogP contribution in [0.5, 0.6) is 5.75 Å². The maximum Gasteiger partial charge on any atom is 0.265 e. The van der Waals surface area contributed by atoms with Crippen LogP contribution in [-0.4, -0.2) is 37.8 Å². The van der Waals surface area contributed by atoms with Crippen molar-refractivity contribution in [1.82, 2.24) is 4.31 Å². The molecule has 150 valence electrons. The van der Waals surface area contributed by atoms with Gasteiger partial charge in [-0.2, -0.15) is 4.31 Å². The van der Waals surface area contributed by atoms with E-state index < -0.39 is 16.1 Å². The standard InChI is InChI=1S/C21H26N2O4S/c1-16-12-14-23(15-13-16)28(25,26)20-10-8-18(9-11-20)22-21(24)17(2)27-19-6-4-3-5-7-19/h3-11,16-17H,12-15H2,1-2H3,(H,22,24)/t17-/m1/s1. The van der Waals surface area contributed by atoms with Gasteiger partial charge in [-0.05, 0) is 62.1 Å². The lowest BCUT2D eigenvalue weighted by atomic mass is 10.0. The van der Waals surface area contributed by atoms with Gasteiger partial charge in [-0.15, -0.1) is 0 Å². The van der Waals surface area contributed by atoms with Gasteiger partial charge in [-0.1, -0.05) is 25.1 Å². The van der Waals surface area contributed by atoms with Crippen LogP contribution in [0.15, 0.2) is 59.5 Å². The molecule has 7 heteroatoms. The minimum absolute atomic E-state index is 0.244. The van der Waals surface area contributed by atoms with Crippen LogP contribution >= 0.6 is 0 Å². The summed E-state index contributed by atoms with van der Waals surface area (Å²) in [4.78, 5) is 12.6. The van der Waals surface area contributed by atoms with Crippen LogP contribution in [0.2, 0.25) is 0 Å². The predicted octanol–water partition coefficient (Wildman–Crippen LogP) is 3.51. The Morgan fingerprint density at radius 2 is 1.68 bits per heavy atom. The van der Waals surface area contributed by atoms with Crippen molar-refractivity contribution in [2.24, 2.45) is 5.92 Å². The molecule has 2 aromatic carbocycles. The van der Waals surface area contributed by atoms with Crippen LogP contribution in [-0.2, 0) is 14.8 Å². The Labute approximate surface area is 166 Å². The molecule has 6 nitrogen and oxygen atoms in total. The molecule has 0 spiro atoms. The fourth-order valence-electron chi connectivity index (χ4n) is 3.09. The van der Waals surface area contributed by atoms with Crippen molar-refractivity contribution in [1.29, 1.82) is 0 Å². The summed E-state index contributed by atoms with van der Waals surface area (Å²) in [7, 11) is -3.49.